The van der Waals surface area contributed by atoms with Crippen LogP contribution in [0, 0.1) is 12.8 Å². The Hall–Kier alpha value is -1.85. The van der Waals surface area contributed by atoms with Crippen molar-refractivity contribution in [3.05, 3.63) is 47.7 Å². The molecule has 25 heavy (non-hydrogen) atoms. The van der Waals surface area contributed by atoms with Crippen LogP contribution in [0.1, 0.15) is 30.1 Å². The topological polar surface area (TPSA) is 45.1 Å². The molecule has 0 radical (unpaired) electrons. The number of aromatic nitrogens is 2. The summed E-state index contributed by atoms with van der Waals surface area (Å²) in [6, 6.07) is 13.6. The highest BCUT2D eigenvalue weighted by Crippen LogP contribution is 2.24. The van der Waals surface area contributed by atoms with E-state index in [1.54, 1.807) is 0 Å². The van der Waals surface area contributed by atoms with Gasteiger partial charge in [-0.2, -0.15) is 5.10 Å². The van der Waals surface area contributed by atoms with Gasteiger partial charge in [-0.1, -0.05) is 30.3 Å². The normalized spacial score (nSPS) is 21.7. The molecular formula is C20H29N5. The Morgan fingerprint density at radius 3 is 2.84 bits per heavy atom. The number of hydrogen-bond donors (Lipinski definition) is 2. The van der Waals surface area contributed by atoms with Crippen LogP contribution in [0.15, 0.2) is 36.4 Å². The first kappa shape index (κ1) is 16.6. The molecule has 0 bridgehead atoms. The number of nitrogens with one attached hydrogen (secondary N) is 2. The lowest BCUT2D eigenvalue weighted by molar-refractivity contribution is 0.234. The van der Waals surface area contributed by atoms with Crippen molar-refractivity contribution in [3.63, 3.8) is 0 Å². The molecule has 4 rings (SSSR count). The Bertz CT molecular complexity index is 675. The van der Waals surface area contributed by atoms with E-state index in [9.17, 15) is 0 Å². The maximum atomic E-state index is 4.57. The molecule has 0 amide bonds. The van der Waals surface area contributed by atoms with Gasteiger partial charge >= 0.3 is 0 Å². The van der Waals surface area contributed by atoms with Crippen LogP contribution in [0.25, 0.3) is 0 Å². The second-order valence-corrected chi connectivity index (χ2v) is 7.43. The molecule has 0 aliphatic carbocycles. The van der Waals surface area contributed by atoms with Crippen LogP contribution in [0.4, 0.5) is 5.82 Å². The second kappa shape index (κ2) is 7.58. The summed E-state index contributed by atoms with van der Waals surface area (Å²) >= 11 is 0. The van der Waals surface area contributed by atoms with E-state index in [0.717, 1.165) is 37.7 Å². The Balaban J connectivity index is 1.34. The zero-order valence-corrected chi connectivity index (χ0v) is 15.1. The Morgan fingerprint density at radius 1 is 1.24 bits per heavy atom. The van der Waals surface area contributed by atoms with Gasteiger partial charge in [-0.3, -0.25) is 4.90 Å². The lowest BCUT2D eigenvalue weighted by atomic mass is 10.0. The molecule has 0 spiro atoms. The summed E-state index contributed by atoms with van der Waals surface area (Å²) in [6.45, 7) is 8.58. The Kier molecular flexibility index (Phi) is 5.04. The molecule has 134 valence electrons. The molecule has 2 aliphatic rings. The van der Waals surface area contributed by atoms with Crippen molar-refractivity contribution in [1.29, 1.82) is 0 Å². The average Bonchev–Trinajstić information content (AvgIpc) is 3.28. The summed E-state index contributed by atoms with van der Waals surface area (Å²) in [6.07, 6.45) is 2.66. The third-order valence-corrected chi connectivity index (χ3v) is 5.44. The maximum absolute atomic E-state index is 4.57. The van der Waals surface area contributed by atoms with E-state index < -0.39 is 0 Å². The van der Waals surface area contributed by atoms with Crippen LogP contribution in [0.2, 0.25) is 0 Å². The van der Waals surface area contributed by atoms with Crippen LogP contribution >= 0.6 is 0 Å². The van der Waals surface area contributed by atoms with E-state index in [1.807, 2.05) is 0 Å². The summed E-state index contributed by atoms with van der Waals surface area (Å²) in [5.74, 6) is 1.75. The third-order valence-electron chi connectivity index (χ3n) is 5.44. The molecule has 2 N–H and O–H groups in total. The van der Waals surface area contributed by atoms with Gasteiger partial charge in [0.05, 0.1) is 5.69 Å². The monoisotopic (exact) mass is 339 g/mol. The number of rotatable bonds is 6. The van der Waals surface area contributed by atoms with Crippen LogP contribution in [0.5, 0.6) is 0 Å². The van der Waals surface area contributed by atoms with Crippen molar-refractivity contribution >= 4 is 5.82 Å². The van der Waals surface area contributed by atoms with Crippen molar-refractivity contribution in [2.24, 2.45) is 5.92 Å². The number of benzene rings is 1. The van der Waals surface area contributed by atoms with Gasteiger partial charge in [-0.15, -0.1) is 0 Å². The van der Waals surface area contributed by atoms with Crippen molar-refractivity contribution in [1.82, 2.24) is 20.0 Å². The Labute approximate surface area is 150 Å². The second-order valence-electron chi connectivity index (χ2n) is 7.43. The molecule has 2 aromatic rings. The van der Waals surface area contributed by atoms with E-state index >= 15 is 0 Å². The maximum Gasteiger partial charge on any atom is 0.124 e. The summed E-state index contributed by atoms with van der Waals surface area (Å²) in [5, 5.41) is 11.8. The molecular weight excluding hydrogens is 310 g/mol. The van der Waals surface area contributed by atoms with Crippen molar-refractivity contribution < 1.29 is 0 Å². The van der Waals surface area contributed by atoms with Crippen LogP contribution < -0.4 is 10.6 Å². The molecule has 2 unspecified atom stereocenters. The largest absolute Gasteiger partial charge is 0.370 e. The fourth-order valence-corrected chi connectivity index (χ4v) is 4.13. The van der Waals surface area contributed by atoms with Gasteiger partial charge in [0, 0.05) is 44.2 Å². The molecule has 5 heteroatoms. The first-order chi connectivity index (χ1) is 12.3. The van der Waals surface area contributed by atoms with Crippen LogP contribution in [-0.4, -0.2) is 47.4 Å². The molecule has 5 nitrogen and oxygen atoms in total. The minimum absolute atomic E-state index is 0.489. The molecule has 1 saturated heterocycles. The van der Waals surface area contributed by atoms with Crippen LogP contribution in [-0.2, 0) is 6.54 Å². The predicted octanol–water partition coefficient (Wildman–Crippen LogP) is 2.66. The van der Waals surface area contributed by atoms with Crippen molar-refractivity contribution in [3.8, 4) is 0 Å². The minimum Gasteiger partial charge on any atom is -0.370 e. The highest BCUT2D eigenvalue weighted by molar-refractivity contribution is 5.38. The standard InChI is InChI=1S/C20H29N5/c1-16-11-20-22-13-17(15-25(20)23-16)12-21-14-19(24-9-5-6-10-24)18-7-3-2-4-8-18/h2-4,7-8,11,17,19,21-22H,5-6,9-10,12-15H2,1H3. The Morgan fingerprint density at radius 2 is 2.04 bits per heavy atom. The van der Waals surface area contributed by atoms with E-state index in [1.165, 1.54) is 31.5 Å². The number of hydrogen-bond acceptors (Lipinski definition) is 4. The molecule has 0 saturated carbocycles. The van der Waals surface area contributed by atoms with Gasteiger partial charge in [0.1, 0.15) is 5.82 Å². The third kappa shape index (κ3) is 3.88. The SMILES string of the molecule is Cc1cc2n(n1)CC(CNCC(c1ccccc1)N1CCCC1)CN2. The lowest BCUT2D eigenvalue weighted by Gasteiger charge is -2.30. The van der Waals surface area contributed by atoms with Gasteiger partial charge in [0.2, 0.25) is 0 Å². The minimum atomic E-state index is 0.489. The first-order valence-electron chi connectivity index (χ1n) is 9.57. The van der Waals surface area contributed by atoms with Gasteiger partial charge in [0.25, 0.3) is 0 Å². The van der Waals surface area contributed by atoms with E-state index in [0.29, 0.717) is 12.0 Å². The number of nitrogens with zero attached hydrogens (tertiary/aromatic N) is 3. The van der Waals surface area contributed by atoms with Crippen molar-refractivity contribution in [2.75, 3.05) is 38.0 Å². The number of likely N-dealkylation sites (tertiary alicyclic amines) is 1. The van der Waals surface area contributed by atoms with E-state index in [4.69, 9.17) is 0 Å². The van der Waals surface area contributed by atoms with Gasteiger partial charge < -0.3 is 10.6 Å². The lowest BCUT2D eigenvalue weighted by Crippen LogP contribution is -2.39. The molecule has 1 aromatic carbocycles. The van der Waals surface area contributed by atoms with Crippen LogP contribution in [0.3, 0.4) is 0 Å². The summed E-state index contributed by atoms with van der Waals surface area (Å²) < 4.78 is 2.11. The summed E-state index contributed by atoms with van der Waals surface area (Å²) in [7, 11) is 0. The van der Waals surface area contributed by atoms with Gasteiger partial charge in [-0.25, -0.2) is 4.68 Å². The molecule has 2 aliphatic heterocycles. The number of anilines is 1. The highest BCUT2D eigenvalue weighted by Gasteiger charge is 2.24. The average molecular weight is 339 g/mol. The van der Waals surface area contributed by atoms with Crippen molar-refractivity contribution in [2.45, 2.75) is 32.4 Å². The summed E-state index contributed by atoms with van der Waals surface area (Å²) in [5.41, 5.74) is 2.53. The molecule has 2 atom stereocenters. The predicted molar refractivity (Wildman–Crippen MR) is 102 cm³/mol. The van der Waals surface area contributed by atoms with Gasteiger partial charge in [0.15, 0.2) is 0 Å². The fraction of sp³-hybridized carbons (Fsp3) is 0.550. The summed E-state index contributed by atoms with van der Waals surface area (Å²) in [4.78, 5) is 2.64. The smallest absolute Gasteiger partial charge is 0.124 e. The zero-order valence-electron chi connectivity index (χ0n) is 15.1. The quantitative estimate of drug-likeness (QED) is 0.849. The van der Waals surface area contributed by atoms with E-state index in [-0.39, 0.29) is 0 Å². The fourth-order valence-electron chi connectivity index (χ4n) is 4.13. The molecule has 3 heterocycles. The highest BCUT2D eigenvalue weighted by atomic mass is 15.3. The number of aryl methyl sites for hydroxylation is 1. The van der Waals surface area contributed by atoms with Gasteiger partial charge in [-0.05, 0) is 38.4 Å². The molecule has 1 fully saturated rings. The van der Waals surface area contributed by atoms with E-state index in [2.05, 4.69) is 68.6 Å². The molecule has 1 aromatic heterocycles. The number of fused-ring (bicyclic) bond motifs is 1. The zero-order chi connectivity index (χ0) is 17.1. The first-order valence-corrected chi connectivity index (χ1v) is 9.57.